The van der Waals surface area contributed by atoms with Crippen molar-refractivity contribution in [1.82, 2.24) is 0 Å². The number of hydrogen-bond donors (Lipinski definition) is 3. The number of amidine groups is 1. The number of nitrogens with zero attached hydrogens (tertiary/aromatic N) is 1. The molecule has 0 aliphatic carbocycles. The van der Waals surface area contributed by atoms with Crippen LogP contribution in [0.2, 0.25) is 0 Å². The third kappa shape index (κ3) is 2.01. The van der Waals surface area contributed by atoms with Crippen molar-refractivity contribution in [1.29, 1.82) is 0 Å². The molecule has 1 aromatic rings. The highest BCUT2D eigenvalue weighted by atomic mass is 16.7. The Labute approximate surface area is 91.9 Å². The van der Waals surface area contributed by atoms with Gasteiger partial charge in [0.1, 0.15) is 5.84 Å². The van der Waals surface area contributed by atoms with E-state index in [1.54, 1.807) is 18.2 Å². The van der Waals surface area contributed by atoms with Crippen LogP contribution in [-0.2, 0) is 0 Å². The van der Waals surface area contributed by atoms with Crippen molar-refractivity contribution >= 4 is 5.84 Å². The van der Waals surface area contributed by atoms with Crippen LogP contribution in [0.25, 0.3) is 0 Å². The van der Waals surface area contributed by atoms with Gasteiger partial charge in [-0.1, -0.05) is 11.2 Å². The van der Waals surface area contributed by atoms with Gasteiger partial charge in [0.05, 0.1) is 6.10 Å². The molecule has 2 rings (SSSR count). The van der Waals surface area contributed by atoms with Crippen molar-refractivity contribution in [2.24, 2.45) is 10.9 Å². The quantitative estimate of drug-likeness (QED) is 0.302. The standard InChI is InChI=1S/C10H12N2O4/c11-10(12-14)4-7(13)6-1-2-8-9(3-6)16-5-15-8/h1-3,7,13-14H,4-5H2,(H2,11,12)/t7-/m0/s1. The van der Waals surface area contributed by atoms with Crippen LogP contribution in [0, 0.1) is 0 Å². The Morgan fingerprint density at radius 1 is 1.44 bits per heavy atom. The van der Waals surface area contributed by atoms with Gasteiger partial charge in [-0.3, -0.25) is 0 Å². The van der Waals surface area contributed by atoms with Crippen LogP contribution in [0.1, 0.15) is 18.1 Å². The summed E-state index contributed by atoms with van der Waals surface area (Å²) in [5.74, 6) is 1.22. The molecule has 0 fully saturated rings. The smallest absolute Gasteiger partial charge is 0.231 e. The Morgan fingerprint density at radius 2 is 2.19 bits per heavy atom. The first kappa shape index (κ1) is 10.6. The van der Waals surface area contributed by atoms with Crippen LogP contribution in [-0.4, -0.2) is 22.9 Å². The molecule has 1 heterocycles. The Morgan fingerprint density at radius 3 is 2.94 bits per heavy atom. The summed E-state index contributed by atoms with van der Waals surface area (Å²) in [7, 11) is 0. The average molecular weight is 224 g/mol. The molecule has 0 saturated carbocycles. The Bertz CT molecular complexity index is 419. The van der Waals surface area contributed by atoms with Gasteiger partial charge < -0.3 is 25.5 Å². The molecule has 0 saturated heterocycles. The van der Waals surface area contributed by atoms with E-state index >= 15 is 0 Å². The van der Waals surface area contributed by atoms with Crippen LogP contribution in [0.3, 0.4) is 0 Å². The third-order valence-corrected chi connectivity index (χ3v) is 2.31. The monoisotopic (exact) mass is 224 g/mol. The molecule has 6 heteroatoms. The van der Waals surface area contributed by atoms with Gasteiger partial charge in [-0.15, -0.1) is 0 Å². The molecule has 1 aromatic carbocycles. The van der Waals surface area contributed by atoms with Crippen molar-refractivity contribution in [2.45, 2.75) is 12.5 Å². The summed E-state index contributed by atoms with van der Waals surface area (Å²) in [6, 6.07) is 5.10. The van der Waals surface area contributed by atoms with Gasteiger partial charge in [-0.25, -0.2) is 0 Å². The number of hydrogen-bond acceptors (Lipinski definition) is 5. The lowest BCUT2D eigenvalue weighted by molar-refractivity contribution is 0.172. The number of aliphatic hydroxyl groups is 1. The summed E-state index contributed by atoms with van der Waals surface area (Å²) in [6.45, 7) is 0.190. The molecule has 0 amide bonds. The minimum Gasteiger partial charge on any atom is -0.454 e. The van der Waals surface area contributed by atoms with Gasteiger partial charge in [-0.2, -0.15) is 0 Å². The summed E-state index contributed by atoms with van der Waals surface area (Å²) in [5, 5.41) is 21.0. The first-order chi connectivity index (χ1) is 7.70. The molecule has 0 bridgehead atoms. The third-order valence-electron chi connectivity index (χ3n) is 2.31. The van der Waals surface area contributed by atoms with Crippen LogP contribution < -0.4 is 15.2 Å². The fraction of sp³-hybridized carbons (Fsp3) is 0.300. The SMILES string of the molecule is N/C(C[C@H](O)c1ccc2c(c1)OCO2)=N\O. The van der Waals surface area contributed by atoms with E-state index in [2.05, 4.69) is 5.16 Å². The van der Waals surface area contributed by atoms with Gasteiger partial charge in [0.2, 0.25) is 6.79 Å². The average Bonchev–Trinajstić information content (AvgIpc) is 2.75. The second-order valence-electron chi connectivity index (χ2n) is 3.42. The number of oxime groups is 1. The molecular formula is C10H12N2O4. The zero-order valence-electron chi connectivity index (χ0n) is 8.46. The van der Waals surface area contributed by atoms with Gasteiger partial charge in [0.25, 0.3) is 0 Å². The van der Waals surface area contributed by atoms with Crippen LogP contribution >= 0.6 is 0 Å². The first-order valence-electron chi connectivity index (χ1n) is 4.74. The Hall–Kier alpha value is -1.95. The number of nitrogens with two attached hydrogens (primary N) is 1. The number of aliphatic hydroxyl groups excluding tert-OH is 1. The molecule has 6 nitrogen and oxygen atoms in total. The molecule has 1 aliphatic heterocycles. The minimum absolute atomic E-state index is 0.0230. The summed E-state index contributed by atoms with van der Waals surface area (Å²) in [6.07, 6.45) is -0.763. The van der Waals surface area contributed by atoms with E-state index in [0.29, 0.717) is 17.1 Å². The zero-order chi connectivity index (χ0) is 11.5. The minimum atomic E-state index is -0.828. The van der Waals surface area contributed by atoms with Crippen LogP contribution in [0.15, 0.2) is 23.4 Å². The van der Waals surface area contributed by atoms with Crippen molar-refractivity contribution in [3.8, 4) is 11.5 Å². The Kier molecular flexibility index (Phi) is 2.82. The lowest BCUT2D eigenvalue weighted by atomic mass is 10.1. The lowest BCUT2D eigenvalue weighted by Gasteiger charge is -2.10. The molecular weight excluding hydrogens is 212 g/mol. The molecule has 0 unspecified atom stereocenters. The summed E-state index contributed by atoms with van der Waals surface area (Å²) in [4.78, 5) is 0. The molecule has 1 aliphatic rings. The maximum absolute atomic E-state index is 9.78. The fourth-order valence-corrected chi connectivity index (χ4v) is 1.48. The second-order valence-corrected chi connectivity index (χ2v) is 3.42. The number of rotatable bonds is 3. The summed E-state index contributed by atoms with van der Waals surface area (Å²) < 4.78 is 10.3. The number of fused-ring (bicyclic) bond motifs is 1. The highest BCUT2D eigenvalue weighted by Crippen LogP contribution is 2.34. The second kappa shape index (κ2) is 4.28. The van der Waals surface area contributed by atoms with E-state index in [9.17, 15) is 5.11 Å². The lowest BCUT2D eigenvalue weighted by Crippen LogP contribution is -2.15. The van der Waals surface area contributed by atoms with E-state index in [-0.39, 0.29) is 19.0 Å². The van der Waals surface area contributed by atoms with E-state index in [4.69, 9.17) is 20.4 Å². The van der Waals surface area contributed by atoms with Gasteiger partial charge >= 0.3 is 0 Å². The van der Waals surface area contributed by atoms with Crippen molar-refractivity contribution in [3.05, 3.63) is 23.8 Å². The molecule has 4 N–H and O–H groups in total. The topological polar surface area (TPSA) is 97.3 Å². The van der Waals surface area contributed by atoms with Crippen molar-refractivity contribution in [3.63, 3.8) is 0 Å². The van der Waals surface area contributed by atoms with E-state index in [0.717, 1.165) is 0 Å². The molecule has 1 atom stereocenters. The van der Waals surface area contributed by atoms with Gasteiger partial charge in [-0.05, 0) is 17.7 Å². The molecule has 16 heavy (non-hydrogen) atoms. The maximum atomic E-state index is 9.78. The van der Waals surface area contributed by atoms with E-state index < -0.39 is 6.10 Å². The van der Waals surface area contributed by atoms with Gasteiger partial charge in [0, 0.05) is 6.42 Å². The van der Waals surface area contributed by atoms with Crippen molar-refractivity contribution < 1.29 is 19.8 Å². The molecule has 86 valence electrons. The number of benzene rings is 1. The molecule has 0 aromatic heterocycles. The fourth-order valence-electron chi connectivity index (χ4n) is 1.48. The molecule has 0 spiro atoms. The molecule has 0 radical (unpaired) electrons. The highest BCUT2D eigenvalue weighted by Gasteiger charge is 2.17. The highest BCUT2D eigenvalue weighted by molar-refractivity contribution is 5.80. The normalized spacial score (nSPS) is 16.2. The zero-order valence-corrected chi connectivity index (χ0v) is 8.46. The predicted octanol–water partition coefficient (Wildman–Crippen LogP) is 0.585. The van der Waals surface area contributed by atoms with Crippen LogP contribution in [0.5, 0.6) is 11.5 Å². The summed E-state index contributed by atoms with van der Waals surface area (Å²) in [5.41, 5.74) is 5.94. The number of ether oxygens (including phenoxy) is 2. The van der Waals surface area contributed by atoms with E-state index in [1.165, 1.54) is 0 Å². The van der Waals surface area contributed by atoms with Gasteiger partial charge in [0.15, 0.2) is 11.5 Å². The largest absolute Gasteiger partial charge is 0.454 e. The predicted molar refractivity (Wildman–Crippen MR) is 55.6 cm³/mol. The first-order valence-corrected chi connectivity index (χ1v) is 4.74. The Balaban J connectivity index is 2.15. The van der Waals surface area contributed by atoms with Crippen LogP contribution in [0.4, 0.5) is 0 Å². The maximum Gasteiger partial charge on any atom is 0.231 e. The van der Waals surface area contributed by atoms with Crippen molar-refractivity contribution in [2.75, 3.05) is 6.79 Å². The van der Waals surface area contributed by atoms with E-state index in [1.807, 2.05) is 0 Å². The summed E-state index contributed by atoms with van der Waals surface area (Å²) >= 11 is 0.